The van der Waals surface area contributed by atoms with Crippen molar-refractivity contribution >= 4 is 11.6 Å². The van der Waals surface area contributed by atoms with Crippen molar-refractivity contribution in [2.75, 3.05) is 26.0 Å². The molecule has 1 atom stereocenters. The van der Waals surface area contributed by atoms with Crippen LogP contribution >= 0.6 is 0 Å². The van der Waals surface area contributed by atoms with Crippen LogP contribution in [0.5, 0.6) is 0 Å². The zero-order valence-electron chi connectivity index (χ0n) is 11.9. The molecule has 0 heterocycles. The zero-order valence-corrected chi connectivity index (χ0v) is 11.9. The molecule has 5 heteroatoms. The lowest BCUT2D eigenvalue weighted by atomic mass is 10.1. The number of carbonyl (C=O) groups excluding carboxylic acids is 1. The van der Waals surface area contributed by atoms with E-state index >= 15 is 0 Å². The van der Waals surface area contributed by atoms with Crippen molar-refractivity contribution in [2.24, 2.45) is 5.92 Å². The Balaban J connectivity index is 2.17. The molecule has 1 fully saturated rings. The Hall–Kier alpha value is -1.62. The Bertz CT molecular complexity index is 489. The highest BCUT2D eigenvalue weighted by Crippen LogP contribution is 2.35. The second kappa shape index (κ2) is 6.22. The summed E-state index contributed by atoms with van der Waals surface area (Å²) in [5.74, 6) is -0.0537. The molecule has 20 heavy (non-hydrogen) atoms. The van der Waals surface area contributed by atoms with Gasteiger partial charge in [0.1, 0.15) is 5.82 Å². The number of nitrogens with two attached hydrogens (primary N) is 1. The third-order valence-electron chi connectivity index (χ3n) is 3.84. The fourth-order valence-electron chi connectivity index (χ4n) is 2.36. The lowest BCUT2D eigenvalue weighted by Gasteiger charge is -2.29. The lowest BCUT2D eigenvalue weighted by molar-refractivity contribution is 0.0594. The smallest absolute Gasteiger partial charge is 0.254 e. The Morgan fingerprint density at radius 1 is 1.55 bits per heavy atom. The standard InChI is InChI=1S/C15H21FN2O2/c1-10(11-3-4-11)18(7-8-20-2)15(19)12-5-6-13(16)14(17)9-12/h5-6,9-11H,3-4,7-8,17H2,1-2H3. The molecule has 1 saturated carbocycles. The molecule has 0 bridgehead atoms. The predicted molar refractivity (Wildman–Crippen MR) is 75.9 cm³/mol. The molecule has 1 aliphatic carbocycles. The molecule has 1 unspecified atom stereocenters. The summed E-state index contributed by atoms with van der Waals surface area (Å²) in [7, 11) is 1.61. The molecular formula is C15H21FN2O2. The molecule has 110 valence electrons. The Labute approximate surface area is 118 Å². The molecular weight excluding hydrogens is 259 g/mol. The monoisotopic (exact) mass is 280 g/mol. The Morgan fingerprint density at radius 2 is 2.25 bits per heavy atom. The zero-order chi connectivity index (χ0) is 14.7. The van der Waals surface area contributed by atoms with Gasteiger partial charge in [0, 0.05) is 25.3 Å². The van der Waals surface area contributed by atoms with Gasteiger partial charge in [-0.05, 0) is 43.9 Å². The number of nitrogen functional groups attached to an aromatic ring is 1. The van der Waals surface area contributed by atoms with Crippen molar-refractivity contribution in [3.63, 3.8) is 0 Å². The summed E-state index contributed by atoms with van der Waals surface area (Å²) < 4.78 is 18.3. The number of halogens is 1. The van der Waals surface area contributed by atoms with Crippen molar-refractivity contribution in [3.8, 4) is 0 Å². The molecule has 0 spiro atoms. The maximum absolute atomic E-state index is 13.2. The molecule has 0 radical (unpaired) electrons. The van der Waals surface area contributed by atoms with E-state index in [1.807, 2.05) is 0 Å². The van der Waals surface area contributed by atoms with Crippen LogP contribution < -0.4 is 5.73 Å². The van der Waals surface area contributed by atoms with Crippen LogP contribution in [0.4, 0.5) is 10.1 Å². The molecule has 0 aliphatic heterocycles. The Kier molecular flexibility index (Phi) is 4.60. The van der Waals surface area contributed by atoms with Crippen LogP contribution in [-0.2, 0) is 4.74 Å². The number of hydrogen-bond acceptors (Lipinski definition) is 3. The summed E-state index contributed by atoms with van der Waals surface area (Å²) in [5, 5.41) is 0. The van der Waals surface area contributed by atoms with Crippen molar-refractivity contribution in [1.29, 1.82) is 0 Å². The average Bonchev–Trinajstić information content (AvgIpc) is 3.26. The quantitative estimate of drug-likeness (QED) is 0.813. The maximum Gasteiger partial charge on any atom is 0.254 e. The number of carbonyl (C=O) groups is 1. The maximum atomic E-state index is 13.2. The van der Waals surface area contributed by atoms with Gasteiger partial charge in [-0.2, -0.15) is 0 Å². The molecule has 0 saturated heterocycles. The van der Waals surface area contributed by atoms with E-state index in [1.165, 1.54) is 18.2 Å². The number of benzene rings is 1. The van der Waals surface area contributed by atoms with Gasteiger partial charge in [0.05, 0.1) is 12.3 Å². The van der Waals surface area contributed by atoms with Crippen LogP contribution in [0.15, 0.2) is 18.2 Å². The minimum atomic E-state index is -0.500. The van der Waals surface area contributed by atoms with Gasteiger partial charge in [-0.1, -0.05) is 0 Å². The van der Waals surface area contributed by atoms with Crippen molar-refractivity contribution in [3.05, 3.63) is 29.6 Å². The molecule has 1 aromatic carbocycles. The van der Waals surface area contributed by atoms with Gasteiger partial charge in [-0.3, -0.25) is 4.79 Å². The Morgan fingerprint density at radius 3 is 2.80 bits per heavy atom. The number of anilines is 1. The minimum absolute atomic E-state index is 0.00150. The van der Waals surface area contributed by atoms with E-state index in [9.17, 15) is 9.18 Å². The predicted octanol–water partition coefficient (Wildman–Crippen LogP) is 2.29. The van der Waals surface area contributed by atoms with Gasteiger partial charge in [0.2, 0.25) is 0 Å². The SMILES string of the molecule is COCCN(C(=O)c1ccc(F)c(N)c1)C(C)C1CC1. The largest absolute Gasteiger partial charge is 0.396 e. The van der Waals surface area contributed by atoms with Crippen LogP contribution in [0.25, 0.3) is 0 Å². The third-order valence-corrected chi connectivity index (χ3v) is 3.84. The van der Waals surface area contributed by atoms with Crippen molar-refractivity contribution in [2.45, 2.75) is 25.8 Å². The highest BCUT2D eigenvalue weighted by Gasteiger charge is 2.34. The molecule has 0 aromatic heterocycles. The molecule has 1 aliphatic rings. The van der Waals surface area contributed by atoms with Gasteiger partial charge in [-0.15, -0.1) is 0 Å². The summed E-state index contributed by atoms with van der Waals surface area (Å²) >= 11 is 0. The summed E-state index contributed by atoms with van der Waals surface area (Å²) in [4.78, 5) is 14.4. The number of nitrogens with zero attached hydrogens (tertiary/aromatic N) is 1. The van der Waals surface area contributed by atoms with E-state index < -0.39 is 5.82 Å². The van der Waals surface area contributed by atoms with E-state index in [4.69, 9.17) is 10.5 Å². The fraction of sp³-hybridized carbons (Fsp3) is 0.533. The number of hydrogen-bond donors (Lipinski definition) is 1. The molecule has 2 rings (SSSR count). The first-order valence-corrected chi connectivity index (χ1v) is 6.89. The third kappa shape index (κ3) is 3.28. The van der Waals surface area contributed by atoms with Gasteiger partial charge in [0.15, 0.2) is 0 Å². The topological polar surface area (TPSA) is 55.6 Å². The fourth-order valence-corrected chi connectivity index (χ4v) is 2.36. The van der Waals surface area contributed by atoms with Crippen LogP contribution in [0.3, 0.4) is 0 Å². The summed E-state index contributed by atoms with van der Waals surface area (Å²) in [5.41, 5.74) is 5.96. The summed E-state index contributed by atoms with van der Waals surface area (Å²) in [6, 6.07) is 4.28. The first kappa shape index (κ1) is 14.8. The van der Waals surface area contributed by atoms with Gasteiger partial charge >= 0.3 is 0 Å². The second-order valence-corrected chi connectivity index (χ2v) is 5.31. The summed E-state index contributed by atoms with van der Waals surface area (Å²) in [6.45, 7) is 3.07. The summed E-state index contributed by atoms with van der Waals surface area (Å²) in [6.07, 6.45) is 2.31. The number of ether oxygens (including phenoxy) is 1. The van der Waals surface area contributed by atoms with Crippen LogP contribution in [-0.4, -0.2) is 37.1 Å². The highest BCUT2D eigenvalue weighted by molar-refractivity contribution is 5.95. The van der Waals surface area contributed by atoms with Crippen LogP contribution in [0.1, 0.15) is 30.1 Å². The van der Waals surface area contributed by atoms with Gasteiger partial charge < -0.3 is 15.4 Å². The first-order chi connectivity index (χ1) is 9.54. The van der Waals surface area contributed by atoms with Gasteiger partial charge in [-0.25, -0.2) is 4.39 Å². The molecule has 2 N–H and O–H groups in total. The normalized spacial score (nSPS) is 15.9. The van der Waals surface area contributed by atoms with E-state index in [-0.39, 0.29) is 17.6 Å². The first-order valence-electron chi connectivity index (χ1n) is 6.89. The number of methoxy groups -OCH3 is 1. The van der Waals surface area contributed by atoms with E-state index in [1.54, 1.807) is 12.0 Å². The second-order valence-electron chi connectivity index (χ2n) is 5.31. The van der Waals surface area contributed by atoms with Crippen LogP contribution in [0.2, 0.25) is 0 Å². The number of amides is 1. The van der Waals surface area contributed by atoms with E-state index in [2.05, 4.69) is 6.92 Å². The van der Waals surface area contributed by atoms with Crippen LogP contribution in [0, 0.1) is 11.7 Å². The van der Waals surface area contributed by atoms with Crippen molar-refractivity contribution < 1.29 is 13.9 Å². The van der Waals surface area contributed by atoms with E-state index in [0.717, 1.165) is 12.8 Å². The van der Waals surface area contributed by atoms with Crippen molar-refractivity contribution in [1.82, 2.24) is 4.90 Å². The van der Waals surface area contributed by atoms with Gasteiger partial charge in [0.25, 0.3) is 5.91 Å². The lowest BCUT2D eigenvalue weighted by Crippen LogP contribution is -2.42. The minimum Gasteiger partial charge on any atom is -0.396 e. The average molecular weight is 280 g/mol. The highest BCUT2D eigenvalue weighted by atomic mass is 19.1. The molecule has 4 nitrogen and oxygen atoms in total. The molecule has 1 aromatic rings. The molecule has 1 amide bonds. The van der Waals surface area contributed by atoms with E-state index in [0.29, 0.717) is 24.6 Å². The number of rotatable bonds is 6.